The van der Waals surface area contributed by atoms with Crippen LogP contribution in [0.1, 0.15) is 10.4 Å². The van der Waals surface area contributed by atoms with E-state index in [-0.39, 0.29) is 0 Å². The van der Waals surface area contributed by atoms with Gasteiger partial charge in [-0.2, -0.15) is 0 Å². The third kappa shape index (κ3) is 3.07. The molecule has 0 fully saturated rings. The van der Waals surface area contributed by atoms with Gasteiger partial charge in [-0.05, 0) is 56.8 Å². The van der Waals surface area contributed by atoms with Crippen LogP contribution in [0.15, 0.2) is 91.0 Å². The lowest BCUT2D eigenvalue weighted by atomic mass is 9.96. The largest absolute Gasteiger partial charge is 0.276 e. The van der Waals surface area contributed by atoms with Crippen molar-refractivity contribution in [2.24, 2.45) is 0 Å². The van der Waals surface area contributed by atoms with Crippen molar-refractivity contribution in [1.82, 2.24) is 0 Å². The van der Waals surface area contributed by atoms with Gasteiger partial charge in [0.15, 0.2) is 0 Å². The summed E-state index contributed by atoms with van der Waals surface area (Å²) in [5, 5.41) is 2.02. The van der Waals surface area contributed by atoms with E-state index in [1.807, 2.05) is 36.4 Å². The molecule has 120 valence electrons. The molecule has 0 unspecified atom stereocenters. The first-order valence-electron chi connectivity index (χ1n) is 8.11. The number of hydrogen-bond donors (Lipinski definition) is 0. The van der Waals surface area contributed by atoms with Crippen molar-refractivity contribution in [1.29, 1.82) is 0 Å². The number of carbonyl (C=O) groups excluding carboxylic acids is 1. The van der Waals surface area contributed by atoms with Gasteiger partial charge in [0.2, 0.25) is 0 Å². The lowest BCUT2D eigenvalue weighted by molar-refractivity contribution is 0.108. The zero-order valence-electron chi connectivity index (χ0n) is 13.4. The number of carbonyl (C=O) groups is 1. The highest BCUT2D eigenvalue weighted by Crippen LogP contribution is 2.29. The molecule has 2 heteroatoms. The molecule has 4 aromatic carbocycles. The van der Waals surface area contributed by atoms with Crippen LogP contribution in [0.3, 0.4) is 0 Å². The summed E-state index contributed by atoms with van der Waals surface area (Å²) in [7, 11) is 0. The van der Waals surface area contributed by atoms with E-state index in [9.17, 15) is 4.79 Å². The SMILES string of the molecule is O=C(Cl)c1ccccc1-c1ccc(-c2ccc3ccccc3c2)cc1. The number of fused-ring (bicyclic) bond motifs is 1. The molecule has 0 bridgehead atoms. The fraction of sp³-hybridized carbons (Fsp3) is 0. The molecule has 0 N–H and O–H groups in total. The average Bonchev–Trinajstić information content (AvgIpc) is 2.68. The summed E-state index contributed by atoms with van der Waals surface area (Å²) in [4.78, 5) is 11.6. The second-order valence-corrected chi connectivity index (χ2v) is 6.30. The molecule has 4 rings (SSSR count). The van der Waals surface area contributed by atoms with Crippen molar-refractivity contribution in [2.75, 3.05) is 0 Å². The highest BCUT2D eigenvalue weighted by molar-refractivity contribution is 6.68. The molecule has 0 aromatic heterocycles. The highest BCUT2D eigenvalue weighted by atomic mass is 35.5. The van der Waals surface area contributed by atoms with Crippen LogP contribution in [0.25, 0.3) is 33.0 Å². The van der Waals surface area contributed by atoms with E-state index in [2.05, 4.69) is 48.5 Å². The number of halogens is 1. The molecule has 0 spiro atoms. The molecule has 0 aliphatic heterocycles. The van der Waals surface area contributed by atoms with Gasteiger partial charge in [0, 0.05) is 5.56 Å². The summed E-state index contributed by atoms with van der Waals surface area (Å²) >= 11 is 5.70. The molecule has 0 aliphatic rings. The molecule has 0 saturated heterocycles. The van der Waals surface area contributed by atoms with Crippen LogP contribution in [0, 0.1) is 0 Å². The quantitative estimate of drug-likeness (QED) is 0.386. The van der Waals surface area contributed by atoms with Crippen molar-refractivity contribution in [3.63, 3.8) is 0 Å². The number of hydrogen-bond acceptors (Lipinski definition) is 1. The minimum Gasteiger partial charge on any atom is -0.276 e. The fourth-order valence-electron chi connectivity index (χ4n) is 3.12. The van der Waals surface area contributed by atoms with Crippen LogP contribution >= 0.6 is 11.6 Å². The van der Waals surface area contributed by atoms with Gasteiger partial charge < -0.3 is 0 Å². The average molecular weight is 343 g/mol. The maximum atomic E-state index is 11.6. The molecule has 0 amide bonds. The molecule has 0 aliphatic carbocycles. The van der Waals surface area contributed by atoms with E-state index in [0.717, 1.165) is 16.7 Å². The van der Waals surface area contributed by atoms with Gasteiger partial charge >= 0.3 is 0 Å². The smallest absolute Gasteiger partial charge is 0.253 e. The Morgan fingerprint density at radius 1 is 0.600 bits per heavy atom. The van der Waals surface area contributed by atoms with E-state index >= 15 is 0 Å². The topological polar surface area (TPSA) is 17.1 Å². The van der Waals surface area contributed by atoms with Gasteiger partial charge in [0.25, 0.3) is 5.24 Å². The van der Waals surface area contributed by atoms with Crippen molar-refractivity contribution in [3.05, 3.63) is 96.6 Å². The Balaban J connectivity index is 1.73. The molecule has 0 atom stereocenters. The lowest BCUT2D eigenvalue weighted by Crippen LogP contribution is -1.93. The van der Waals surface area contributed by atoms with Crippen LogP contribution in [0.5, 0.6) is 0 Å². The van der Waals surface area contributed by atoms with E-state index in [1.54, 1.807) is 6.07 Å². The molecule has 25 heavy (non-hydrogen) atoms. The van der Waals surface area contributed by atoms with E-state index < -0.39 is 5.24 Å². The maximum Gasteiger partial charge on any atom is 0.253 e. The van der Waals surface area contributed by atoms with Crippen molar-refractivity contribution >= 4 is 27.6 Å². The van der Waals surface area contributed by atoms with Gasteiger partial charge in [0.1, 0.15) is 0 Å². The summed E-state index contributed by atoms with van der Waals surface area (Å²) in [6.07, 6.45) is 0. The monoisotopic (exact) mass is 342 g/mol. The van der Waals surface area contributed by atoms with Gasteiger partial charge in [-0.3, -0.25) is 4.79 Å². The van der Waals surface area contributed by atoms with E-state index in [0.29, 0.717) is 5.56 Å². The summed E-state index contributed by atoms with van der Waals surface area (Å²) in [5.74, 6) is 0. The first-order valence-corrected chi connectivity index (χ1v) is 8.49. The standard InChI is InChI=1S/C23H15ClO/c24-23(25)22-8-4-3-7-21(22)18-12-9-17(10-13-18)20-14-11-16-5-1-2-6-19(16)15-20/h1-15H. The minimum atomic E-state index is -0.436. The predicted octanol–water partition coefficient (Wildman–Crippen LogP) is 6.55. The van der Waals surface area contributed by atoms with Crippen molar-refractivity contribution in [2.45, 2.75) is 0 Å². The molecule has 0 saturated carbocycles. The summed E-state index contributed by atoms with van der Waals surface area (Å²) in [6.45, 7) is 0. The fourth-order valence-corrected chi connectivity index (χ4v) is 3.28. The van der Waals surface area contributed by atoms with Gasteiger partial charge in [-0.15, -0.1) is 0 Å². The second kappa shape index (κ2) is 6.54. The van der Waals surface area contributed by atoms with Crippen molar-refractivity contribution in [3.8, 4) is 22.3 Å². The number of rotatable bonds is 3. The lowest BCUT2D eigenvalue weighted by Gasteiger charge is -2.08. The number of benzene rings is 4. The Morgan fingerprint density at radius 2 is 1.20 bits per heavy atom. The Kier molecular flexibility index (Phi) is 4.09. The van der Waals surface area contributed by atoms with Crippen LogP contribution in [-0.4, -0.2) is 5.24 Å². The molecule has 4 aromatic rings. The highest BCUT2D eigenvalue weighted by Gasteiger charge is 2.10. The van der Waals surface area contributed by atoms with Crippen molar-refractivity contribution < 1.29 is 4.79 Å². The molecular formula is C23H15ClO. The summed E-state index contributed by atoms with van der Waals surface area (Å²) in [5.41, 5.74) is 4.68. The Bertz CT molecular complexity index is 1060. The molecule has 1 nitrogen and oxygen atoms in total. The van der Waals surface area contributed by atoms with Gasteiger partial charge in [0.05, 0.1) is 0 Å². The Hall–Kier alpha value is -2.90. The van der Waals surface area contributed by atoms with Gasteiger partial charge in [-0.25, -0.2) is 0 Å². The van der Waals surface area contributed by atoms with Crippen LogP contribution in [0.2, 0.25) is 0 Å². The Labute approximate surface area is 151 Å². The van der Waals surface area contributed by atoms with E-state index in [4.69, 9.17) is 11.6 Å². The molecule has 0 radical (unpaired) electrons. The normalized spacial score (nSPS) is 10.8. The molecule has 0 heterocycles. The zero-order valence-corrected chi connectivity index (χ0v) is 14.2. The van der Waals surface area contributed by atoms with Gasteiger partial charge in [-0.1, -0.05) is 78.9 Å². The first kappa shape index (κ1) is 15.6. The predicted molar refractivity (Wildman–Crippen MR) is 105 cm³/mol. The zero-order chi connectivity index (χ0) is 17.2. The third-order valence-corrected chi connectivity index (χ3v) is 4.62. The second-order valence-electron chi connectivity index (χ2n) is 5.96. The van der Waals surface area contributed by atoms with Crippen LogP contribution in [0.4, 0.5) is 0 Å². The third-order valence-electron chi connectivity index (χ3n) is 4.42. The Morgan fingerprint density at radius 3 is 1.96 bits per heavy atom. The van der Waals surface area contributed by atoms with E-state index in [1.165, 1.54) is 16.3 Å². The van der Waals surface area contributed by atoms with Crippen LogP contribution in [-0.2, 0) is 0 Å². The van der Waals surface area contributed by atoms with Crippen LogP contribution < -0.4 is 0 Å². The summed E-state index contributed by atoms with van der Waals surface area (Å²) < 4.78 is 0. The molecular weight excluding hydrogens is 328 g/mol. The minimum absolute atomic E-state index is 0.436. The summed E-state index contributed by atoms with van der Waals surface area (Å²) in [6, 6.07) is 30.4. The maximum absolute atomic E-state index is 11.6. The first-order chi connectivity index (χ1) is 12.2.